The maximum atomic E-state index is 12.6. The molecule has 0 aliphatic heterocycles. The molecular weight excluding hydrogens is 380 g/mol. The number of amides is 1. The zero-order valence-corrected chi connectivity index (χ0v) is 18.3. The van der Waals surface area contributed by atoms with Crippen molar-refractivity contribution in [2.24, 2.45) is 0 Å². The third-order valence-corrected chi connectivity index (χ3v) is 5.72. The van der Waals surface area contributed by atoms with Crippen molar-refractivity contribution < 1.29 is 9.53 Å². The zero-order chi connectivity index (χ0) is 20.8. The third kappa shape index (κ3) is 5.75. The Bertz CT molecular complexity index is 972. The van der Waals surface area contributed by atoms with Gasteiger partial charge in [-0.2, -0.15) is 0 Å². The van der Waals surface area contributed by atoms with E-state index in [1.807, 2.05) is 26.2 Å². The van der Waals surface area contributed by atoms with Gasteiger partial charge in [0.15, 0.2) is 0 Å². The van der Waals surface area contributed by atoms with Crippen molar-refractivity contribution in [3.8, 4) is 5.75 Å². The Balaban J connectivity index is 1.56. The molecule has 29 heavy (non-hydrogen) atoms. The second-order valence-electron chi connectivity index (χ2n) is 7.32. The van der Waals surface area contributed by atoms with Crippen LogP contribution >= 0.6 is 11.8 Å². The Morgan fingerprint density at radius 1 is 0.897 bits per heavy atom. The number of carbonyl (C=O) groups excluding carboxylic acids is 1. The monoisotopic (exact) mass is 408 g/mol. The predicted molar refractivity (Wildman–Crippen MR) is 122 cm³/mol. The number of ether oxygens (including phenoxy) is 1. The van der Waals surface area contributed by atoms with E-state index in [0.29, 0.717) is 13.1 Å². The summed E-state index contributed by atoms with van der Waals surface area (Å²) in [5.74, 6) is 0.978. The first-order chi connectivity index (χ1) is 14.0. The first-order valence-corrected chi connectivity index (χ1v) is 10.8. The van der Waals surface area contributed by atoms with Gasteiger partial charge in [-0.05, 0) is 65.5 Å². The third-order valence-electron chi connectivity index (χ3n) is 4.97. The lowest BCUT2D eigenvalue weighted by Gasteiger charge is -2.22. The highest BCUT2D eigenvalue weighted by Gasteiger charge is 2.13. The van der Waals surface area contributed by atoms with E-state index in [1.54, 1.807) is 23.8 Å². The standard InChI is InChI=1S/C24H28N2O2S/c1-25(15-19-5-8-21-14-22(28-3)10-9-20(21)13-19)17-24(27)26(2)16-18-6-11-23(29-4)12-7-18/h5-14H,15-17H2,1-4H3. The van der Waals surface area contributed by atoms with Gasteiger partial charge in [-0.25, -0.2) is 0 Å². The molecule has 0 aliphatic rings. The molecule has 0 spiro atoms. The molecule has 0 unspecified atom stereocenters. The first-order valence-electron chi connectivity index (χ1n) is 9.60. The lowest BCUT2D eigenvalue weighted by molar-refractivity contribution is -0.131. The van der Waals surface area contributed by atoms with Crippen molar-refractivity contribution in [2.75, 3.05) is 34.0 Å². The van der Waals surface area contributed by atoms with Gasteiger partial charge in [-0.1, -0.05) is 30.3 Å². The minimum absolute atomic E-state index is 0.118. The van der Waals surface area contributed by atoms with Gasteiger partial charge in [0.05, 0.1) is 13.7 Å². The number of methoxy groups -OCH3 is 1. The minimum Gasteiger partial charge on any atom is -0.497 e. The van der Waals surface area contributed by atoms with Gasteiger partial charge in [0, 0.05) is 25.0 Å². The number of fused-ring (bicyclic) bond motifs is 1. The number of carbonyl (C=O) groups is 1. The van der Waals surface area contributed by atoms with Crippen molar-refractivity contribution >= 4 is 28.4 Å². The smallest absolute Gasteiger partial charge is 0.236 e. The molecule has 1 amide bonds. The van der Waals surface area contributed by atoms with Gasteiger partial charge in [-0.15, -0.1) is 11.8 Å². The summed E-state index contributed by atoms with van der Waals surface area (Å²) in [5, 5.41) is 2.33. The SMILES string of the molecule is COc1ccc2cc(CN(C)CC(=O)N(C)Cc3ccc(SC)cc3)ccc2c1. The Kier molecular flexibility index (Phi) is 7.18. The van der Waals surface area contributed by atoms with E-state index in [0.717, 1.165) is 23.2 Å². The van der Waals surface area contributed by atoms with E-state index >= 15 is 0 Å². The van der Waals surface area contributed by atoms with Crippen LogP contribution in [0.5, 0.6) is 5.75 Å². The van der Waals surface area contributed by atoms with Crippen LogP contribution in [0.3, 0.4) is 0 Å². The second kappa shape index (κ2) is 9.81. The van der Waals surface area contributed by atoms with E-state index in [9.17, 15) is 4.79 Å². The lowest BCUT2D eigenvalue weighted by atomic mass is 10.1. The van der Waals surface area contributed by atoms with Crippen LogP contribution in [0, 0.1) is 0 Å². The molecule has 5 heteroatoms. The van der Waals surface area contributed by atoms with E-state index in [4.69, 9.17) is 4.74 Å². The second-order valence-corrected chi connectivity index (χ2v) is 8.20. The molecule has 3 aromatic carbocycles. The van der Waals surface area contributed by atoms with Gasteiger partial charge in [0.25, 0.3) is 0 Å². The Hall–Kier alpha value is -2.50. The minimum atomic E-state index is 0.118. The van der Waals surface area contributed by atoms with E-state index < -0.39 is 0 Å². The normalized spacial score (nSPS) is 11.1. The Morgan fingerprint density at radius 2 is 1.55 bits per heavy atom. The summed E-state index contributed by atoms with van der Waals surface area (Å²) in [6.45, 7) is 1.74. The average Bonchev–Trinajstić information content (AvgIpc) is 2.73. The average molecular weight is 409 g/mol. The topological polar surface area (TPSA) is 32.8 Å². The fourth-order valence-corrected chi connectivity index (χ4v) is 3.72. The molecule has 4 nitrogen and oxygen atoms in total. The fourth-order valence-electron chi connectivity index (χ4n) is 3.31. The maximum absolute atomic E-state index is 12.6. The first kappa shape index (κ1) is 21.2. The fraction of sp³-hybridized carbons (Fsp3) is 0.292. The number of benzene rings is 3. The van der Waals surface area contributed by atoms with Gasteiger partial charge in [0.2, 0.25) is 5.91 Å². The van der Waals surface area contributed by atoms with Crippen LogP contribution in [0.25, 0.3) is 10.8 Å². The van der Waals surface area contributed by atoms with Crippen LogP contribution in [0.2, 0.25) is 0 Å². The van der Waals surface area contributed by atoms with Crippen LogP contribution in [0.15, 0.2) is 65.6 Å². The largest absolute Gasteiger partial charge is 0.497 e. The molecule has 0 bridgehead atoms. The molecule has 3 rings (SSSR count). The summed E-state index contributed by atoms with van der Waals surface area (Å²) in [5.41, 5.74) is 2.33. The van der Waals surface area contributed by atoms with Crippen LogP contribution in [-0.2, 0) is 17.9 Å². The molecule has 0 atom stereocenters. The highest BCUT2D eigenvalue weighted by Crippen LogP contribution is 2.22. The number of hydrogen-bond donors (Lipinski definition) is 0. The van der Waals surface area contributed by atoms with Crippen LogP contribution in [0.4, 0.5) is 0 Å². The van der Waals surface area contributed by atoms with Crippen molar-refractivity contribution in [1.29, 1.82) is 0 Å². The maximum Gasteiger partial charge on any atom is 0.236 e. The van der Waals surface area contributed by atoms with Gasteiger partial charge in [0.1, 0.15) is 5.75 Å². The number of nitrogens with zero attached hydrogens (tertiary/aromatic N) is 2. The summed E-state index contributed by atoms with van der Waals surface area (Å²) >= 11 is 1.72. The van der Waals surface area contributed by atoms with Crippen LogP contribution < -0.4 is 4.74 Å². The molecule has 0 fully saturated rings. The molecule has 0 aliphatic carbocycles. The van der Waals surface area contributed by atoms with Crippen molar-refractivity contribution in [2.45, 2.75) is 18.0 Å². The van der Waals surface area contributed by atoms with Gasteiger partial charge < -0.3 is 9.64 Å². The predicted octanol–water partition coefficient (Wildman–Crippen LogP) is 4.66. The summed E-state index contributed by atoms with van der Waals surface area (Å²) in [4.78, 5) is 17.7. The summed E-state index contributed by atoms with van der Waals surface area (Å²) in [7, 11) is 5.52. The molecule has 0 heterocycles. The van der Waals surface area contributed by atoms with Crippen molar-refractivity contribution in [1.82, 2.24) is 9.80 Å². The lowest BCUT2D eigenvalue weighted by Crippen LogP contribution is -2.36. The molecule has 0 saturated heterocycles. The van der Waals surface area contributed by atoms with Crippen LogP contribution in [-0.4, -0.2) is 49.7 Å². The number of rotatable bonds is 8. The molecule has 0 saturated carbocycles. The Morgan fingerprint density at radius 3 is 2.24 bits per heavy atom. The van der Waals surface area contributed by atoms with Crippen LogP contribution in [0.1, 0.15) is 11.1 Å². The molecule has 152 valence electrons. The zero-order valence-electron chi connectivity index (χ0n) is 17.5. The number of likely N-dealkylation sites (N-methyl/N-ethyl adjacent to an activating group) is 2. The van der Waals surface area contributed by atoms with E-state index in [1.165, 1.54) is 15.8 Å². The molecule has 0 aromatic heterocycles. The quantitative estimate of drug-likeness (QED) is 0.508. The summed E-state index contributed by atoms with van der Waals surface area (Å²) < 4.78 is 5.29. The van der Waals surface area contributed by atoms with Crippen molar-refractivity contribution in [3.05, 3.63) is 71.8 Å². The highest BCUT2D eigenvalue weighted by molar-refractivity contribution is 7.98. The molecule has 0 N–H and O–H groups in total. The van der Waals surface area contributed by atoms with Gasteiger partial charge in [-0.3, -0.25) is 9.69 Å². The van der Waals surface area contributed by atoms with Gasteiger partial charge >= 0.3 is 0 Å². The van der Waals surface area contributed by atoms with E-state index in [-0.39, 0.29) is 5.91 Å². The van der Waals surface area contributed by atoms with Crippen molar-refractivity contribution in [3.63, 3.8) is 0 Å². The Labute approximate surface area is 177 Å². The highest BCUT2D eigenvalue weighted by atomic mass is 32.2. The molecular formula is C24H28N2O2S. The molecule has 0 radical (unpaired) electrons. The molecule has 3 aromatic rings. The number of thioether (sulfide) groups is 1. The van der Waals surface area contributed by atoms with E-state index in [2.05, 4.69) is 59.7 Å². The summed E-state index contributed by atoms with van der Waals surface area (Å²) in [6.07, 6.45) is 2.06. The summed E-state index contributed by atoms with van der Waals surface area (Å²) in [6, 6.07) is 20.8. The number of hydrogen-bond acceptors (Lipinski definition) is 4.